The van der Waals surface area contributed by atoms with Gasteiger partial charge in [-0.2, -0.15) is 4.31 Å². The maximum atomic E-state index is 13.1. The zero-order valence-electron chi connectivity index (χ0n) is 23.0. The molecule has 1 aromatic heterocycles. The molecule has 1 aliphatic rings. The molecule has 6 heteroatoms. The second kappa shape index (κ2) is 11.7. The van der Waals surface area contributed by atoms with Gasteiger partial charge in [-0.05, 0) is 63.8 Å². The van der Waals surface area contributed by atoms with Crippen LogP contribution < -0.4 is 4.74 Å². The average Bonchev–Trinajstić information content (AvgIpc) is 3.05. The molecule has 206 valence electrons. The Morgan fingerprint density at radius 3 is 1.54 bits per heavy atom. The number of methoxy groups -OCH3 is 1. The summed E-state index contributed by atoms with van der Waals surface area (Å²) in [6.45, 7) is 0.989. The van der Waals surface area contributed by atoms with Gasteiger partial charge in [-0.25, -0.2) is 13.4 Å². The van der Waals surface area contributed by atoms with Crippen LogP contribution in [0.2, 0.25) is 0 Å². The topological polar surface area (TPSA) is 59.5 Å². The molecule has 1 aliphatic heterocycles. The molecule has 4 aromatic carbocycles. The molecular formula is C35H32N2O3S. The molecule has 2 heterocycles. The van der Waals surface area contributed by atoms with E-state index in [9.17, 15) is 8.42 Å². The van der Waals surface area contributed by atoms with Gasteiger partial charge >= 0.3 is 0 Å². The molecule has 6 rings (SSSR count). The van der Waals surface area contributed by atoms with Crippen molar-refractivity contribution < 1.29 is 13.2 Å². The van der Waals surface area contributed by atoms with Crippen LogP contribution in [-0.2, 0) is 10.0 Å². The van der Waals surface area contributed by atoms with E-state index < -0.39 is 10.0 Å². The normalized spacial score (nSPS) is 14.6. The highest BCUT2D eigenvalue weighted by atomic mass is 32.2. The Morgan fingerprint density at radius 2 is 1.10 bits per heavy atom. The molecule has 0 N–H and O–H groups in total. The van der Waals surface area contributed by atoms with Gasteiger partial charge in [-0.3, -0.25) is 0 Å². The number of benzene rings is 4. The summed E-state index contributed by atoms with van der Waals surface area (Å²) in [7, 11) is -2.05. The van der Waals surface area contributed by atoms with Gasteiger partial charge in [0.2, 0.25) is 15.9 Å². The smallest absolute Gasteiger partial charge is 0.244 e. The van der Waals surface area contributed by atoms with E-state index in [2.05, 4.69) is 102 Å². The van der Waals surface area contributed by atoms with E-state index in [1.807, 2.05) is 6.07 Å². The molecule has 0 radical (unpaired) electrons. The zero-order chi connectivity index (χ0) is 28.2. The highest BCUT2D eigenvalue weighted by molar-refractivity contribution is 7.89. The van der Waals surface area contributed by atoms with Crippen LogP contribution in [0.3, 0.4) is 0 Å². The number of pyridine rings is 1. The van der Waals surface area contributed by atoms with Crippen molar-refractivity contribution in [1.82, 2.24) is 9.29 Å². The minimum atomic E-state index is -3.56. The van der Waals surface area contributed by atoms with Gasteiger partial charge in [-0.15, -0.1) is 0 Å². The molecule has 1 fully saturated rings. The number of aromatic nitrogens is 1. The fraction of sp³-hybridized carbons (Fsp3) is 0.171. The monoisotopic (exact) mass is 560 g/mol. The summed E-state index contributed by atoms with van der Waals surface area (Å²) in [6.07, 6.45) is 2.95. The van der Waals surface area contributed by atoms with Gasteiger partial charge in [-0.1, -0.05) is 103 Å². The molecule has 0 aliphatic carbocycles. The van der Waals surface area contributed by atoms with Crippen LogP contribution in [0, 0.1) is 0 Å². The summed E-state index contributed by atoms with van der Waals surface area (Å²) < 4.78 is 32.7. The number of hydrogen-bond acceptors (Lipinski definition) is 4. The summed E-state index contributed by atoms with van der Waals surface area (Å²) in [5.74, 6) is 0.738. The van der Waals surface area contributed by atoms with E-state index in [1.165, 1.54) is 52.3 Å². The first-order valence-electron chi connectivity index (χ1n) is 13.9. The number of rotatable bonds is 7. The van der Waals surface area contributed by atoms with Gasteiger partial charge in [0.25, 0.3) is 0 Å². The van der Waals surface area contributed by atoms with Gasteiger partial charge in [0.05, 0.1) is 13.3 Å². The third-order valence-corrected chi connectivity index (χ3v) is 9.82. The van der Waals surface area contributed by atoms with Crippen molar-refractivity contribution in [1.29, 1.82) is 0 Å². The van der Waals surface area contributed by atoms with Crippen molar-refractivity contribution in [3.63, 3.8) is 0 Å². The summed E-state index contributed by atoms with van der Waals surface area (Å²) in [6, 6.07) is 39.7. The Bertz CT molecular complexity index is 1690. The fourth-order valence-electron chi connectivity index (χ4n) is 5.51. The van der Waals surface area contributed by atoms with Crippen LogP contribution in [0.25, 0.3) is 33.4 Å². The number of piperidine rings is 1. The van der Waals surface area contributed by atoms with E-state index >= 15 is 0 Å². The van der Waals surface area contributed by atoms with Gasteiger partial charge in [0.15, 0.2) is 0 Å². The Labute approximate surface area is 242 Å². The number of ether oxygens (including phenoxy) is 1. The highest BCUT2D eigenvalue weighted by Crippen LogP contribution is 2.33. The van der Waals surface area contributed by atoms with Crippen molar-refractivity contribution in [2.75, 3.05) is 20.2 Å². The predicted octanol–water partition coefficient (Wildman–Crippen LogP) is 7.66. The van der Waals surface area contributed by atoms with E-state index in [0.29, 0.717) is 24.9 Å². The minimum Gasteiger partial charge on any atom is -0.481 e. The minimum absolute atomic E-state index is 0.205. The van der Waals surface area contributed by atoms with Gasteiger partial charge in [0, 0.05) is 19.2 Å². The molecule has 0 amide bonds. The van der Waals surface area contributed by atoms with Gasteiger partial charge in [0.1, 0.15) is 4.90 Å². The molecule has 41 heavy (non-hydrogen) atoms. The van der Waals surface area contributed by atoms with E-state index in [-0.39, 0.29) is 4.90 Å². The molecule has 5 aromatic rings. The molecule has 1 saturated heterocycles. The quantitative estimate of drug-likeness (QED) is 0.205. The Kier molecular flexibility index (Phi) is 7.68. The second-order valence-electron chi connectivity index (χ2n) is 10.4. The first-order valence-corrected chi connectivity index (χ1v) is 15.3. The molecule has 0 spiro atoms. The lowest BCUT2D eigenvalue weighted by molar-refractivity contribution is 0.319. The Balaban J connectivity index is 1.08. The summed E-state index contributed by atoms with van der Waals surface area (Å²) in [5.41, 5.74) is 8.43. The highest BCUT2D eigenvalue weighted by Gasteiger charge is 2.30. The van der Waals surface area contributed by atoms with Crippen molar-refractivity contribution >= 4 is 10.0 Å². The third kappa shape index (κ3) is 5.80. The molecule has 0 atom stereocenters. The maximum absolute atomic E-state index is 13.1. The first-order chi connectivity index (χ1) is 20.0. The van der Waals surface area contributed by atoms with Crippen molar-refractivity contribution in [3.05, 3.63) is 127 Å². The van der Waals surface area contributed by atoms with Gasteiger partial charge < -0.3 is 4.74 Å². The van der Waals surface area contributed by atoms with Crippen LogP contribution in [0.1, 0.15) is 24.3 Å². The first kappa shape index (κ1) is 26.9. The Morgan fingerprint density at radius 1 is 0.634 bits per heavy atom. The average molecular weight is 561 g/mol. The van der Waals surface area contributed by atoms with E-state index in [1.54, 1.807) is 16.4 Å². The van der Waals surface area contributed by atoms with Crippen LogP contribution in [0.15, 0.2) is 126 Å². The Hall–Kier alpha value is -4.26. The fourth-order valence-corrected chi connectivity index (χ4v) is 6.92. The van der Waals surface area contributed by atoms with Crippen LogP contribution in [0.5, 0.6) is 5.88 Å². The van der Waals surface area contributed by atoms with E-state index in [4.69, 9.17) is 4.74 Å². The SMILES string of the molecule is COc1ccc(S(=O)(=O)N2CCC(c3ccc(-c4ccc(-c5ccc(-c6ccccc6)cc5)cc4)cc3)CC2)cn1. The standard InChI is InChI=1S/C35H32N2O3S/c1-40-35-20-19-34(25-36-35)41(38,39)37-23-21-33(22-24-37)32-17-15-31(16-18-32)30-13-11-29(12-14-30)28-9-7-27(8-10-28)26-5-3-2-4-6-26/h2-20,25,33H,21-24H2,1H3. The van der Waals surface area contributed by atoms with Crippen molar-refractivity contribution in [3.8, 4) is 39.3 Å². The number of sulfonamides is 1. The zero-order valence-corrected chi connectivity index (χ0v) is 23.8. The number of hydrogen-bond donors (Lipinski definition) is 0. The summed E-state index contributed by atoms with van der Waals surface area (Å²) in [4.78, 5) is 4.26. The van der Waals surface area contributed by atoms with Crippen molar-refractivity contribution in [2.45, 2.75) is 23.7 Å². The maximum Gasteiger partial charge on any atom is 0.244 e. The van der Waals surface area contributed by atoms with Crippen LogP contribution >= 0.6 is 0 Å². The molecule has 0 unspecified atom stereocenters. The lowest BCUT2D eigenvalue weighted by Crippen LogP contribution is -2.37. The lowest BCUT2D eigenvalue weighted by atomic mass is 9.89. The molecule has 5 nitrogen and oxygen atoms in total. The number of nitrogens with zero attached hydrogens (tertiary/aromatic N) is 2. The lowest BCUT2D eigenvalue weighted by Gasteiger charge is -2.31. The predicted molar refractivity (Wildman–Crippen MR) is 164 cm³/mol. The van der Waals surface area contributed by atoms with Crippen molar-refractivity contribution in [2.24, 2.45) is 0 Å². The van der Waals surface area contributed by atoms with Crippen LogP contribution in [-0.4, -0.2) is 37.9 Å². The molecule has 0 bridgehead atoms. The second-order valence-corrected chi connectivity index (χ2v) is 12.3. The van der Waals surface area contributed by atoms with E-state index in [0.717, 1.165) is 12.8 Å². The van der Waals surface area contributed by atoms with Crippen LogP contribution in [0.4, 0.5) is 0 Å². The molecular weight excluding hydrogens is 528 g/mol. The summed E-state index contributed by atoms with van der Waals surface area (Å²) >= 11 is 0. The third-order valence-electron chi connectivity index (χ3n) is 7.94. The summed E-state index contributed by atoms with van der Waals surface area (Å²) in [5, 5.41) is 0. The molecule has 0 saturated carbocycles. The largest absolute Gasteiger partial charge is 0.481 e.